The van der Waals surface area contributed by atoms with Crippen LogP contribution in [0.4, 0.5) is 10.5 Å². The van der Waals surface area contributed by atoms with Gasteiger partial charge in [-0.1, -0.05) is 12.1 Å². The van der Waals surface area contributed by atoms with Crippen LogP contribution < -0.4 is 19.7 Å². The van der Waals surface area contributed by atoms with E-state index >= 15 is 0 Å². The zero-order chi connectivity index (χ0) is 25.1. The molecule has 2 aromatic rings. The van der Waals surface area contributed by atoms with Crippen molar-refractivity contribution in [3.63, 3.8) is 0 Å². The molecule has 0 aromatic heterocycles. The van der Waals surface area contributed by atoms with E-state index in [-0.39, 0.29) is 18.0 Å². The molecule has 4 rings (SSSR count). The van der Waals surface area contributed by atoms with Gasteiger partial charge in [0.05, 0.1) is 26.0 Å². The summed E-state index contributed by atoms with van der Waals surface area (Å²) in [6, 6.07) is 11.7. The van der Waals surface area contributed by atoms with Crippen molar-refractivity contribution in [2.75, 3.05) is 52.3 Å². The fourth-order valence-corrected chi connectivity index (χ4v) is 4.66. The van der Waals surface area contributed by atoms with E-state index in [2.05, 4.69) is 22.3 Å². The Kier molecular flexibility index (Phi) is 7.14. The van der Waals surface area contributed by atoms with Gasteiger partial charge in [-0.2, -0.15) is 5.10 Å². The van der Waals surface area contributed by atoms with Gasteiger partial charge in [-0.3, -0.25) is 4.79 Å². The Balaban J connectivity index is 1.72. The van der Waals surface area contributed by atoms with Gasteiger partial charge in [-0.15, -0.1) is 0 Å². The number of methoxy groups -OCH3 is 2. The zero-order valence-corrected chi connectivity index (χ0v) is 21.0. The average molecular weight is 480 g/mol. The Morgan fingerprint density at radius 2 is 1.63 bits per heavy atom. The highest BCUT2D eigenvalue weighted by atomic mass is 16.5. The molecule has 0 aliphatic carbocycles. The maximum atomic E-state index is 12.7. The molecule has 186 valence electrons. The number of urea groups is 1. The largest absolute Gasteiger partial charge is 0.493 e. The number of carbonyl (C=O) groups is 2. The highest BCUT2D eigenvalue weighted by Crippen LogP contribution is 2.35. The molecule has 0 saturated carbocycles. The standard InChI is InChI=1S/C26H33N5O4/c1-17-14-20-15-23(34-4)24(35-5)16-22(20)25(28-31(17)26(33)27-3)19-6-8-21(9-7-19)30-12-10-29(11-13-30)18(2)32/h6-9,15-17H,10-14H2,1-5H3,(H,27,33)/t17-/m0/s1. The molecule has 1 N–H and O–H groups in total. The third-order valence-electron chi connectivity index (χ3n) is 6.66. The van der Waals surface area contributed by atoms with Crippen molar-refractivity contribution in [1.29, 1.82) is 0 Å². The molecular formula is C26H33N5O4. The highest BCUT2D eigenvalue weighted by molar-refractivity contribution is 6.14. The molecule has 1 atom stereocenters. The van der Waals surface area contributed by atoms with Gasteiger partial charge >= 0.3 is 6.03 Å². The number of hydrazone groups is 1. The van der Waals surface area contributed by atoms with Crippen LogP contribution in [0.5, 0.6) is 11.5 Å². The van der Waals surface area contributed by atoms with Crippen molar-refractivity contribution >= 4 is 23.3 Å². The number of fused-ring (bicyclic) bond motifs is 1. The number of ether oxygens (including phenoxy) is 2. The van der Waals surface area contributed by atoms with Crippen molar-refractivity contribution in [3.05, 3.63) is 53.1 Å². The summed E-state index contributed by atoms with van der Waals surface area (Å²) in [6.07, 6.45) is 0.620. The van der Waals surface area contributed by atoms with Crippen LogP contribution in [0.3, 0.4) is 0 Å². The van der Waals surface area contributed by atoms with E-state index in [0.29, 0.717) is 23.6 Å². The number of anilines is 1. The molecule has 1 fully saturated rings. The Hall–Kier alpha value is -3.75. The third-order valence-corrected chi connectivity index (χ3v) is 6.66. The molecule has 9 heteroatoms. The Morgan fingerprint density at radius 3 is 2.20 bits per heavy atom. The summed E-state index contributed by atoms with van der Waals surface area (Å²) >= 11 is 0. The second kappa shape index (κ2) is 10.2. The van der Waals surface area contributed by atoms with Crippen molar-refractivity contribution in [3.8, 4) is 11.5 Å². The number of benzene rings is 2. The van der Waals surface area contributed by atoms with Gasteiger partial charge < -0.3 is 24.6 Å². The molecule has 2 aliphatic rings. The first kappa shape index (κ1) is 24.4. The van der Waals surface area contributed by atoms with Gasteiger partial charge in [-0.05, 0) is 43.2 Å². The molecule has 0 spiro atoms. The number of nitrogens with one attached hydrogen (secondary N) is 1. The number of hydrogen-bond donors (Lipinski definition) is 1. The van der Waals surface area contributed by atoms with E-state index in [0.717, 1.165) is 48.6 Å². The Morgan fingerprint density at radius 1 is 1.00 bits per heavy atom. The molecule has 1 saturated heterocycles. The molecule has 9 nitrogen and oxygen atoms in total. The predicted octanol–water partition coefficient (Wildman–Crippen LogP) is 2.71. The molecule has 0 bridgehead atoms. The van der Waals surface area contributed by atoms with Crippen LogP contribution in [-0.4, -0.2) is 81.0 Å². The lowest BCUT2D eigenvalue weighted by molar-refractivity contribution is -0.129. The van der Waals surface area contributed by atoms with Crippen molar-refractivity contribution in [1.82, 2.24) is 15.2 Å². The number of piperazine rings is 1. The number of amides is 3. The number of hydrogen-bond acceptors (Lipinski definition) is 6. The maximum Gasteiger partial charge on any atom is 0.337 e. The SMILES string of the molecule is CNC(=O)N1N=C(c2ccc(N3CCN(C(C)=O)CC3)cc2)c2cc(OC)c(OC)cc2C[C@@H]1C. The summed E-state index contributed by atoms with van der Waals surface area (Å²) in [5, 5.41) is 9.02. The van der Waals surface area contributed by atoms with E-state index in [4.69, 9.17) is 14.6 Å². The Bertz CT molecular complexity index is 1120. The summed E-state index contributed by atoms with van der Waals surface area (Å²) in [7, 11) is 4.83. The smallest absolute Gasteiger partial charge is 0.337 e. The summed E-state index contributed by atoms with van der Waals surface area (Å²) in [5.74, 6) is 1.37. The van der Waals surface area contributed by atoms with Gasteiger partial charge in [-0.25, -0.2) is 9.80 Å². The third kappa shape index (κ3) is 4.89. The van der Waals surface area contributed by atoms with Crippen molar-refractivity contribution in [2.24, 2.45) is 5.10 Å². The summed E-state index contributed by atoms with van der Waals surface area (Å²) in [6.45, 7) is 6.62. The Labute approximate surface area is 206 Å². The van der Waals surface area contributed by atoms with E-state index in [1.54, 1.807) is 28.2 Å². The molecular weight excluding hydrogens is 446 g/mol. The molecule has 2 aromatic carbocycles. The van der Waals surface area contributed by atoms with Crippen LogP contribution in [0.25, 0.3) is 0 Å². The van der Waals surface area contributed by atoms with Gasteiger partial charge in [0.15, 0.2) is 11.5 Å². The quantitative estimate of drug-likeness (QED) is 0.729. The molecule has 0 radical (unpaired) electrons. The van der Waals surface area contributed by atoms with Crippen molar-refractivity contribution in [2.45, 2.75) is 26.3 Å². The van der Waals surface area contributed by atoms with Gasteiger partial charge in [0.25, 0.3) is 0 Å². The summed E-state index contributed by atoms with van der Waals surface area (Å²) in [5.41, 5.74) is 4.62. The van der Waals surface area contributed by atoms with Crippen LogP contribution >= 0.6 is 0 Å². The van der Waals surface area contributed by atoms with Crippen LogP contribution in [-0.2, 0) is 11.2 Å². The molecule has 0 unspecified atom stereocenters. The summed E-state index contributed by atoms with van der Waals surface area (Å²) in [4.78, 5) is 28.5. The first-order valence-electron chi connectivity index (χ1n) is 11.8. The van der Waals surface area contributed by atoms with E-state index < -0.39 is 0 Å². The van der Waals surface area contributed by atoms with E-state index in [1.165, 1.54) is 5.01 Å². The number of rotatable bonds is 4. The predicted molar refractivity (Wildman–Crippen MR) is 136 cm³/mol. The minimum atomic E-state index is -0.262. The monoisotopic (exact) mass is 479 g/mol. The zero-order valence-electron chi connectivity index (χ0n) is 21.0. The lowest BCUT2D eigenvalue weighted by Crippen LogP contribution is -2.48. The molecule has 3 amide bonds. The fraction of sp³-hybridized carbons (Fsp3) is 0.423. The van der Waals surface area contributed by atoms with Gasteiger partial charge in [0, 0.05) is 57.0 Å². The lowest BCUT2D eigenvalue weighted by Gasteiger charge is -2.35. The minimum absolute atomic E-state index is 0.118. The second-order valence-corrected chi connectivity index (χ2v) is 8.81. The number of nitrogens with zero attached hydrogens (tertiary/aromatic N) is 4. The van der Waals surface area contributed by atoms with Crippen LogP contribution in [0.1, 0.15) is 30.5 Å². The fourth-order valence-electron chi connectivity index (χ4n) is 4.66. The van der Waals surface area contributed by atoms with Crippen LogP contribution in [0, 0.1) is 0 Å². The topological polar surface area (TPSA) is 86.7 Å². The van der Waals surface area contributed by atoms with Crippen LogP contribution in [0.2, 0.25) is 0 Å². The van der Waals surface area contributed by atoms with Gasteiger partial charge in [0.1, 0.15) is 0 Å². The highest BCUT2D eigenvalue weighted by Gasteiger charge is 2.28. The lowest BCUT2D eigenvalue weighted by atomic mass is 9.94. The molecule has 35 heavy (non-hydrogen) atoms. The molecule has 2 heterocycles. The van der Waals surface area contributed by atoms with Crippen molar-refractivity contribution < 1.29 is 19.1 Å². The summed E-state index contributed by atoms with van der Waals surface area (Å²) < 4.78 is 11.1. The van der Waals surface area contributed by atoms with Crippen LogP contribution in [0.15, 0.2) is 41.5 Å². The maximum absolute atomic E-state index is 12.7. The average Bonchev–Trinajstić information content (AvgIpc) is 3.03. The van der Waals surface area contributed by atoms with E-state index in [1.807, 2.05) is 36.1 Å². The number of carbonyl (C=O) groups excluding carboxylic acids is 2. The second-order valence-electron chi connectivity index (χ2n) is 8.81. The first-order chi connectivity index (χ1) is 16.9. The van der Waals surface area contributed by atoms with E-state index in [9.17, 15) is 9.59 Å². The minimum Gasteiger partial charge on any atom is -0.493 e. The molecule has 2 aliphatic heterocycles. The van der Waals surface area contributed by atoms with Gasteiger partial charge in [0.2, 0.25) is 5.91 Å². The first-order valence-corrected chi connectivity index (χ1v) is 11.8. The normalized spacial score (nSPS) is 17.8.